The van der Waals surface area contributed by atoms with Gasteiger partial charge in [-0.2, -0.15) is 0 Å². The van der Waals surface area contributed by atoms with E-state index < -0.39 is 0 Å². The number of rotatable bonds is 1. The van der Waals surface area contributed by atoms with Gasteiger partial charge in [-0.3, -0.25) is 0 Å². The second kappa shape index (κ2) is 3.83. The SMILES string of the molecule is [Pd][c]1cccnc1-c1ccccc1. The molecule has 0 unspecified atom stereocenters. The van der Waals surface area contributed by atoms with Gasteiger partial charge in [-0.15, -0.1) is 0 Å². The monoisotopic (exact) mass is 260 g/mol. The van der Waals surface area contributed by atoms with Gasteiger partial charge in [0.15, 0.2) is 0 Å². The number of aromatic nitrogens is 1. The zero-order chi connectivity index (χ0) is 9.10. The molecule has 2 heteroatoms. The van der Waals surface area contributed by atoms with E-state index >= 15 is 0 Å². The van der Waals surface area contributed by atoms with Crippen molar-refractivity contribution in [1.82, 2.24) is 4.98 Å². The van der Waals surface area contributed by atoms with Crippen molar-refractivity contribution in [2.75, 3.05) is 0 Å². The van der Waals surface area contributed by atoms with Gasteiger partial charge in [0.2, 0.25) is 0 Å². The molecule has 0 atom stereocenters. The Balaban J connectivity index is 2.54. The number of hydrogen-bond donors (Lipinski definition) is 0. The van der Waals surface area contributed by atoms with Crippen molar-refractivity contribution in [3.8, 4) is 11.3 Å². The summed E-state index contributed by atoms with van der Waals surface area (Å²) in [4.78, 5) is 4.31. The van der Waals surface area contributed by atoms with E-state index in [4.69, 9.17) is 0 Å². The molecule has 0 N–H and O–H groups in total. The molecule has 0 aliphatic heterocycles. The first-order valence-electron chi connectivity index (χ1n) is 4.01. The summed E-state index contributed by atoms with van der Waals surface area (Å²) in [6, 6.07) is 14.1. The normalized spacial score (nSPS) is 10.0. The summed E-state index contributed by atoms with van der Waals surface area (Å²) < 4.78 is 1.07. The van der Waals surface area contributed by atoms with Crippen LogP contribution in [0.4, 0.5) is 0 Å². The van der Waals surface area contributed by atoms with E-state index in [2.05, 4.69) is 36.3 Å². The molecule has 0 fully saturated rings. The molecule has 0 spiro atoms. The van der Waals surface area contributed by atoms with E-state index in [9.17, 15) is 0 Å². The van der Waals surface area contributed by atoms with Crippen LogP contribution in [0, 0.1) is 0 Å². The molecule has 13 heavy (non-hydrogen) atoms. The molecule has 2 rings (SSSR count). The molecule has 1 nitrogen and oxygen atoms in total. The predicted molar refractivity (Wildman–Crippen MR) is 49.3 cm³/mol. The average molecular weight is 261 g/mol. The van der Waals surface area contributed by atoms with E-state index in [0.29, 0.717) is 0 Å². The summed E-state index contributed by atoms with van der Waals surface area (Å²) in [6.45, 7) is 0. The minimum atomic E-state index is 1.01. The minimum absolute atomic E-state index is 1.01. The summed E-state index contributed by atoms with van der Waals surface area (Å²) in [6.07, 6.45) is 1.80. The molecule has 0 saturated heterocycles. The first-order chi connectivity index (χ1) is 6.38. The first kappa shape index (κ1) is 8.62. The maximum absolute atomic E-state index is 4.31. The van der Waals surface area contributed by atoms with Crippen molar-refractivity contribution < 1.29 is 19.2 Å². The Labute approximate surface area is 88.2 Å². The van der Waals surface area contributed by atoms with E-state index in [-0.39, 0.29) is 0 Å². The molecule has 0 bridgehead atoms. The topological polar surface area (TPSA) is 12.9 Å². The van der Waals surface area contributed by atoms with E-state index in [1.165, 1.54) is 0 Å². The number of pyridine rings is 1. The molecule has 0 saturated carbocycles. The van der Waals surface area contributed by atoms with Crippen molar-refractivity contribution in [3.63, 3.8) is 0 Å². The molecule has 1 heterocycles. The molecule has 1 aromatic carbocycles. The van der Waals surface area contributed by atoms with Crippen LogP contribution in [0.25, 0.3) is 11.3 Å². The Bertz CT molecular complexity index is 398. The van der Waals surface area contributed by atoms with E-state index in [1.54, 1.807) is 6.20 Å². The Hall–Kier alpha value is -0.968. The van der Waals surface area contributed by atoms with Crippen LogP contribution in [-0.2, 0) is 19.2 Å². The quantitative estimate of drug-likeness (QED) is 0.714. The van der Waals surface area contributed by atoms with E-state index in [1.807, 2.05) is 30.3 Å². The second-order valence-electron chi connectivity index (χ2n) is 2.67. The summed E-state index contributed by atoms with van der Waals surface area (Å²) in [5.41, 5.74) is 2.15. The Morgan fingerprint density at radius 1 is 0.923 bits per heavy atom. The molecule has 0 aliphatic rings. The van der Waals surface area contributed by atoms with Crippen LogP contribution in [0.1, 0.15) is 0 Å². The van der Waals surface area contributed by atoms with Crippen LogP contribution in [0.3, 0.4) is 0 Å². The molecule has 1 aromatic heterocycles. The van der Waals surface area contributed by atoms with Crippen molar-refractivity contribution in [1.29, 1.82) is 0 Å². The predicted octanol–water partition coefficient (Wildman–Crippen LogP) is 1.92. The molecule has 0 amide bonds. The molecular formula is C11H8NPd. The summed E-state index contributed by atoms with van der Waals surface area (Å²) in [5, 5.41) is 0. The van der Waals surface area contributed by atoms with Crippen LogP contribution in [0.5, 0.6) is 0 Å². The Morgan fingerprint density at radius 3 is 2.38 bits per heavy atom. The van der Waals surface area contributed by atoms with Crippen LogP contribution in [0.2, 0.25) is 0 Å². The van der Waals surface area contributed by atoms with Gasteiger partial charge in [-0.25, -0.2) is 0 Å². The van der Waals surface area contributed by atoms with Gasteiger partial charge in [-0.05, 0) is 0 Å². The summed E-state index contributed by atoms with van der Waals surface area (Å²) in [7, 11) is 0. The molecule has 2 aromatic rings. The van der Waals surface area contributed by atoms with Crippen molar-refractivity contribution in [2.24, 2.45) is 0 Å². The zero-order valence-electron chi connectivity index (χ0n) is 6.88. The van der Waals surface area contributed by atoms with Crippen LogP contribution < -0.4 is 4.04 Å². The van der Waals surface area contributed by atoms with Gasteiger partial charge in [0.1, 0.15) is 0 Å². The molecule has 0 radical (unpaired) electrons. The maximum atomic E-state index is 4.31. The van der Waals surface area contributed by atoms with Gasteiger partial charge >= 0.3 is 88.1 Å². The Kier molecular flexibility index (Phi) is 2.54. The fourth-order valence-electron chi connectivity index (χ4n) is 1.18. The summed E-state index contributed by atoms with van der Waals surface area (Å²) >= 11 is 3.19. The zero-order valence-corrected chi connectivity index (χ0v) is 8.44. The fourth-order valence-corrected chi connectivity index (χ4v) is 1.65. The van der Waals surface area contributed by atoms with Crippen LogP contribution in [-0.4, -0.2) is 4.98 Å². The first-order valence-corrected chi connectivity index (χ1v) is 4.78. The molecule has 67 valence electrons. The molecular weight excluding hydrogens is 253 g/mol. The standard InChI is InChI=1S/C11H8N.Pd/c1-2-6-10(7-3-1)11-8-4-5-9-12-11;/h1-7,9H;. The third kappa shape index (κ3) is 1.85. The van der Waals surface area contributed by atoms with Crippen molar-refractivity contribution in [3.05, 3.63) is 48.7 Å². The fraction of sp³-hybridized carbons (Fsp3) is 0. The molecule has 0 aliphatic carbocycles. The third-order valence-electron chi connectivity index (χ3n) is 1.78. The van der Waals surface area contributed by atoms with Crippen LogP contribution >= 0.6 is 0 Å². The third-order valence-corrected chi connectivity index (χ3v) is 2.41. The van der Waals surface area contributed by atoms with Gasteiger partial charge in [0.05, 0.1) is 0 Å². The van der Waals surface area contributed by atoms with Gasteiger partial charge in [-0.1, -0.05) is 0 Å². The number of benzene rings is 1. The number of nitrogens with zero attached hydrogens (tertiary/aromatic N) is 1. The van der Waals surface area contributed by atoms with Gasteiger partial charge in [0, 0.05) is 0 Å². The van der Waals surface area contributed by atoms with Gasteiger partial charge in [0.25, 0.3) is 0 Å². The average Bonchev–Trinajstić information content (AvgIpc) is 2.20. The Morgan fingerprint density at radius 2 is 1.69 bits per heavy atom. The number of hydrogen-bond acceptors (Lipinski definition) is 1. The van der Waals surface area contributed by atoms with Crippen molar-refractivity contribution >= 4 is 4.04 Å². The van der Waals surface area contributed by atoms with Gasteiger partial charge < -0.3 is 0 Å². The summed E-state index contributed by atoms with van der Waals surface area (Å²) in [5.74, 6) is 0. The van der Waals surface area contributed by atoms with Crippen LogP contribution in [0.15, 0.2) is 48.7 Å². The van der Waals surface area contributed by atoms with Crippen molar-refractivity contribution in [2.45, 2.75) is 0 Å². The van der Waals surface area contributed by atoms with E-state index in [0.717, 1.165) is 15.3 Å². The second-order valence-corrected chi connectivity index (χ2v) is 3.50.